The zero-order chi connectivity index (χ0) is 17.6. The number of nitrogens with zero attached hydrogens (tertiary/aromatic N) is 1. The molecule has 1 aromatic rings. The molecule has 6 heteroatoms. The van der Waals surface area contributed by atoms with Gasteiger partial charge in [0.2, 0.25) is 5.91 Å². The van der Waals surface area contributed by atoms with Crippen molar-refractivity contribution in [2.45, 2.75) is 50.7 Å². The molecule has 25 heavy (non-hydrogen) atoms. The summed E-state index contributed by atoms with van der Waals surface area (Å²) < 4.78 is 0. The van der Waals surface area contributed by atoms with E-state index in [2.05, 4.69) is 10.6 Å². The SMILES string of the molecule is O=C(NCCC(=O)N1CCCCCC1)N[C@H]1c2ccccc2C[C@H]1O. The van der Waals surface area contributed by atoms with Crippen LogP contribution in [0.1, 0.15) is 49.3 Å². The molecule has 1 aliphatic carbocycles. The number of aliphatic hydroxyl groups excluding tert-OH is 1. The summed E-state index contributed by atoms with van der Waals surface area (Å²) >= 11 is 0. The summed E-state index contributed by atoms with van der Waals surface area (Å²) in [6.45, 7) is 1.97. The van der Waals surface area contributed by atoms with Gasteiger partial charge in [0.25, 0.3) is 0 Å². The molecule has 2 atom stereocenters. The van der Waals surface area contributed by atoms with E-state index in [4.69, 9.17) is 0 Å². The first-order valence-corrected chi connectivity index (χ1v) is 9.23. The number of carbonyl (C=O) groups excluding carboxylic acids is 2. The normalized spacial score (nSPS) is 22.8. The van der Waals surface area contributed by atoms with Crippen molar-refractivity contribution in [1.82, 2.24) is 15.5 Å². The molecule has 3 amide bonds. The second-order valence-corrected chi connectivity index (χ2v) is 6.89. The molecule has 6 nitrogen and oxygen atoms in total. The van der Waals surface area contributed by atoms with Crippen LogP contribution in [0.15, 0.2) is 24.3 Å². The molecule has 2 aliphatic rings. The molecule has 3 N–H and O–H groups in total. The van der Waals surface area contributed by atoms with E-state index in [-0.39, 0.29) is 11.9 Å². The van der Waals surface area contributed by atoms with E-state index < -0.39 is 12.1 Å². The number of aliphatic hydroxyl groups is 1. The Hall–Kier alpha value is -2.08. The van der Waals surface area contributed by atoms with Crippen molar-refractivity contribution < 1.29 is 14.7 Å². The Morgan fingerprint density at radius 1 is 1.12 bits per heavy atom. The largest absolute Gasteiger partial charge is 0.390 e. The van der Waals surface area contributed by atoms with Crippen LogP contribution < -0.4 is 10.6 Å². The van der Waals surface area contributed by atoms with E-state index >= 15 is 0 Å². The number of carbonyl (C=O) groups is 2. The van der Waals surface area contributed by atoms with Crippen molar-refractivity contribution in [3.63, 3.8) is 0 Å². The van der Waals surface area contributed by atoms with Gasteiger partial charge in [-0.15, -0.1) is 0 Å². The van der Waals surface area contributed by atoms with Gasteiger partial charge in [-0.2, -0.15) is 0 Å². The first kappa shape index (κ1) is 17.7. The van der Waals surface area contributed by atoms with Gasteiger partial charge in [0, 0.05) is 32.5 Å². The Labute approximate surface area is 148 Å². The van der Waals surface area contributed by atoms with Crippen LogP contribution in [0.5, 0.6) is 0 Å². The van der Waals surface area contributed by atoms with E-state index in [1.807, 2.05) is 29.2 Å². The van der Waals surface area contributed by atoms with Crippen LogP contribution in [0.4, 0.5) is 4.79 Å². The first-order chi connectivity index (χ1) is 12.1. The molecule has 1 heterocycles. The minimum absolute atomic E-state index is 0.105. The molecule has 0 bridgehead atoms. The molecule has 0 unspecified atom stereocenters. The maximum atomic E-state index is 12.2. The Morgan fingerprint density at radius 2 is 1.84 bits per heavy atom. The Kier molecular flexibility index (Phi) is 5.91. The summed E-state index contributed by atoms with van der Waals surface area (Å²) in [5.74, 6) is 0.105. The highest BCUT2D eigenvalue weighted by Crippen LogP contribution is 2.30. The van der Waals surface area contributed by atoms with Crippen LogP contribution in [0.25, 0.3) is 0 Å². The lowest BCUT2D eigenvalue weighted by Gasteiger charge is -2.21. The van der Waals surface area contributed by atoms with Crippen molar-refractivity contribution in [1.29, 1.82) is 0 Å². The highest BCUT2D eigenvalue weighted by atomic mass is 16.3. The summed E-state index contributed by atoms with van der Waals surface area (Å²) in [4.78, 5) is 26.2. The number of nitrogens with one attached hydrogen (secondary N) is 2. The monoisotopic (exact) mass is 345 g/mol. The number of hydrogen-bond acceptors (Lipinski definition) is 3. The summed E-state index contributed by atoms with van der Waals surface area (Å²) in [6.07, 6.45) is 4.77. The average Bonchev–Trinajstić information content (AvgIpc) is 2.80. The number of amides is 3. The second-order valence-electron chi connectivity index (χ2n) is 6.89. The van der Waals surface area contributed by atoms with Gasteiger partial charge in [-0.25, -0.2) is 4.79 Å². The molecule has 0 saturated carbocycles. The molecule has 1 saturated heterocycles. The zero-order valence-electron chi connectivity index (χ0n) is 14.5. The first-order valence-electron chi connectivity index (χ1n) is 9.23. The lowest BCUT2D eigenvalue weighted by atomic mass is 10.1. The van der Waals surface area contributed by atoms with Gasteiger partial charge in [0.1, 0.15) is 0 Å². The van der Waals surface area contributed by atoms with Crippen molar-refractivity contribution in [3.05, 3.63) is 35.4 Å². The fourth-order valence-electron chi connectivity index (χ4n) is 3.70. The molecule has 1 fully saturated rings. The van der Waals surface area contributed by atoms with Gasteiger partial charge in [-0.1, -0.05) is 37.1 Å². The van der Waals surface area contributed by atoms with Crippen LogP contribution >= 0.6 is 0 Å². The lowest BCUT2D eigenvalue weighted by molar-refractivity contribution is -0.131. The molecule has 0 aromatic heterocycles. The highest BCUT2D eigenvalue weighted by molar-refractivity contribution is 5.78. The van der Waals surface area contributed by atoms with Crippen LogP contribution in [-0.4, -0.2) is 47.7 Å². The van der Waals surface area contributed by atoms with Gasteiger partial charge >= 0.3 is 6.03 Å². The Morgan fingerprint density at radius 3 is 2.60 bits per heavy atom. The van der Waals surface area contributed by atoms with Crippen molar-refractivity contribution in [2.24, 2.45) is 0 Å². The molecular formula is C19H27N3O3. The van der Waals surface area contributed by atoms with Gasteiger partial charge in [0.05, 0.1) is 12.1 Å². The summed E-state index contributed by atoms with van der Waals surface area (Å²) in [7, 11) is 0. The number of rotatable bonds is 4. The predicted octanol–water partition coefficient (Wildman–Crippen LogP) is 1.74. The number of likely N-dealkylation sites (tertiary alicyclic amines) is 1. The minimum Gasteiger partial charge on any atom is -0.390 e. The number of hydrogen-bond donors (Lipinski definition) is 3. The van der Waals surface area contributed by atoms with Crippen LogP contribution in [0.2, 0.25) is 0 Å². The van der Waals surface area contributed by atoms with Crippen molar-refractivity contribution in [2.75, 3.05) is 19.6 Å². The number of fused-ring (bicyclic) bond motifs is 1. The standard InChI is InChI=1S/C19H27N3O3/c23-16-13-14-7-3-4-8-15(14)18(16)21-19(25)20-10-9-17(24)22-11-5-1-2-6-12-22/h3-4,7-8,16,18,23H,1-2,5-6,9-13H2,(H2,20,21,25)/t16-,18+/m1/s1. The summed E-state index contributed by atoms with van der Waals surface area (Å²) in [6, 6.07) is 7.00. The van der Waals surface area contributed by atoms with Crippen LogP contribution in [0, 0.1) is 0 Å². The maximum absolute atomic E-state index is 12.2. The van der Waals surface area contributed by atoms with Gasteiger partial charge in [-0.3, -0.25) is 4.79 Å². The zero-order valence-corrected chi connectivity index (χ0v) is 14.5. The van der Waals surface area contributed by atoms with Crippen molar-refractivity contribution in [3.8, 4) is 0 Å². The quantitative estimate of drug-likeness (QED) is 0.777. The fourth-order valence-corrected chi connectivity index (χ4v) is 3.70. The van der Waals surface area contributed by atoms with Crippen LogP contribution in [0.3, 0.4) is 0 Å². The Balaban J connectivity index is 1.43. The predicted molar refractivity (Wildman–Crippen MR) is 95.1 cm³/mol. The third kappa shape index (κ3) is 4.51. The highest BCUT2D eigenvalue weighted by Gasteiger charge is 2.31. The van der Waals surface area contributed by atoms with E-state index in [1.54, 1.807) is 0 Å². The average molecular weight is 345 g/mol. The van der Waals surface area contributed by atoms with E-state index in [9.17, 15) is 14.7 Å². The number of benzene rings is 1. The maximum Gasteiger partial charge on any atom is 0.315 e. The Bertz CT molecular complexity index is 612. The summed E-state index contributed by atoms with van der Waals surface area (Å²) in [5, 5.41) is 15.7. The van der Waals surface area contributed by atoms with E-state index in [0.717, 1.165) is 37.1 Å². The molecule has 0 spiro atoms. The third-order valence-electron chi connectivity index (χ3n) is 5.07. The molecule has 1 aromatic carbocycles. The smallest absolute Gasteiger partial charge is 0.315 e. The fraction of sp³-hybridized carbons (Fsp3) is 0.579. The molecule has 0 radical (unpaired) electrons. The third-order valence-corrected chi connectivity index (χ3v) is 5.07. The van der Waals surface area contributed by atoms with Crippen molar-refractivity contribution >= 4 is 11.9 Å². The van der Waals surface area contributed by atoms with Crippen LogP contribution in [-0.2, 0) is 11.2 Å². The summed E-state index contributed by atoms with van der Waals surface area (Å²) in [5.41, 5.74) is 2.03. The van der Waals surface area contributed by atoms with E-state index in [1.165, 1.54) is 12.8 Å². The van der Waals surface area contributed by atoms with Gasteiger partial charge in [0.15, 0.2) is 0 Å². The molecule has 136 valence electrons. The molecular weight excluding hydrogens is 318 g/mol. The second kappa shape index (κ2) is 8.34. The molecule has 1 aliphatic heterocycles. The van der Waals surface area contributed by atoms with E-state index in [0.29, 0.717) is 19.4 Å². The topological polar surface area (TPSA) is 81.7 Å². The lowest BCUT2D eigenvalue weighted by Crippen LogP contribution is -2.42. The van der Waals surface area contributed by atoms with Gasteiger partial charge < -0.3 is 20.6 Å². The van der Waals surface area contributed by atoms with Gasteiger partial charge in [-0.05, 0) is 24.0 Å². The minimum atomic E-state index is -0.609. The number of urea groups is 1. The molecule has 3 rings (SSSR count).